The summed E-state index contributed by atoms with van der Waals surface area (Å²) in [6.07, 6.45) is 2.97. The van der Waals surface area contributed by atoms with Gasteiger partial charge in [0.2, 0.25) is 0 Å². The maximum Gasteiger partial charge on any atom is 0.278 e. The summed E-state index contributed by atoms with van der Waals surface area (Å²) in [6, 6.07) is 5.93. The lowest BCUT2D eigenvalue weighted by molar-refractivity contribution is -0.383. The molecular formula is C16H19N3O4. The Morgan fingerprint density at radius 3 is 2.87 bits per heavy atom. The maximum absolute atomic E-state index is 12.4. The highest BCUT2D eigenvalue weighted by atomic mass is 16.6. The van der Waals surface area contributed by atoms with Crippen molar-refractivity contribution in [1.29, 1.82) is 0 Å². The highest BCUT2D eigenvalue weighted by Crippen LogP contribution is 2.26. The summed E-state index contributed by atoms with van der Waals surface area (Å²) in [4.78, 5) is 27.1. The number of aliphatic hydroxyl groups excluding tert-OH is 1. The first kappa shape index (κ1) is 16.8. The van der Waals surface area contributed by atoms with Crippen molar-refractivity contribution < 1.29 is 14.8 Å². The molecule has 0 saturated carbocycles. The zero-order valence-corrected chi connectivity index (χ0v) is 12.9. The molecule has 0 aliphatic rings. The van der Waals surface area contributed by atoms with Gasteiger partial charge in [-0.3, -0.25) is 19.9 Å². The van der Waals surface area contributed by atoms with Crippen molar-refractivity contribution in [2.24, 2.45) is 5.92 Å². The Kier molecular flexibility index (Phi) is 5.59. The molecule has 2 rings (SSSR count). The average molecular weight is 317 g/mol. The number of pyridine rings is 1. The van der Waals surface area contributed by atoms with Gasteiger partial charge in [0.1, 0.15) is 0 Å². The number of amides is 1. The quantitative estimate of drug-likeness (QED) is 0.602. The Morgan fingerprint density at radius 2 is 2.22 bits per heavy atom. The van der Waals surface area contributed by atoms with Crippen LogP contribution in [0.25, 0.3) is 10.9 Å². The van der Waals surface area contributed by atoms with Gasteiger partial charge in [-0.25, -0.2) is 0 Å². The molecule has 7 heteroatoms. The van der Waals surface area contributed by atoms with Gasteiger partial charge in [-0.2, -0.15) is 0 Å². The molecule has 2 aromatic rings. The molecule has 1 aromatic heterocycles. The van der Waals surface area contributed by atoms with E-state index in [9.17, 15) is 14.9 Å². The Hall–Kier alpha value is -2.54. The molecule has 1 atom stereocenters. The number of carbonyl (C=O) groups is 1. The Morgan fingerprint density at radius 1 is 1.43 bits per heavy atom. The van der Waals surface area contributed by atoms with E-state index >= 15 is 0 Å². The highest BCUT2D eigenvalue weighted by molar-refractivity contribution is 6.07. The number of rotatable bonds is 7. The van der Waals surface area contributed by atoms with Gasteiger partial charge in [-0.15, -0.1) is 0 Å². The molecule has 2 N–H and O–H groups in total. The van der Waals surface area contributed by atoms with Crippen molar-refractivity contribution in [3.8, 4) is 0 Å². The summed E-state index contributed by atoms with van der Waals surface area (Å²) >= 11 is 0. The molecule has 1 aromatic carbocycles. The van der Waals surface area contributed by atoms with Crippen LogP contribution in [0.1, 0.15) is 30.1 Å². The van der Waals surface area contributed by atoms with E-state index < -0.39 is 4.92 Å². The maximum atomic E-state index is 12.4. The molecule has 0 fully saturated rings. The van der Waals surface area contributed by atoms with Gasteiger partial charge in [-0.05, 0) is 30.5 Å². The molecule has 0 saturated heterocycles. The van der Waals surface area contributed by atoms with Gasteiger partial charge in [0.25, 0.3) is 11.6 Å². The lowest BCUT2D eigenvalue weighted by Crippen LogP contribution is -2.29. The van der Waals surface area contributed by atoms with Crippen LogP contribution in [0.5, 0.6) is 0 Å². The summed E-state index contributed by atoms with van der Waals surface area (Å²) in [5.41, 5.74) is 0.552. The van der Waals surface area contributed by atoms with E-state index in [0.717, 1.165) is 6.42 Å². The number of hydrogen-bond donors (Lipinski definition) is 2. The summed E-state index contributed by atoms with van der Waals surface area (Å²) < 4.78 is 0. The third-order valence-corrected chi connectivity index (χ3v) is 3.85. The fourth-order valence-corrected chi connectivity index (χ4v) is 2.47. The highest BCUT2D eigenvalue weighted by Gasteiger charge is 2.19. The molecule has 1 heterocycles. The second-order valence-corrected chi connectivity index (χ2v) is 5.29. The van der Waals surface area contributed by atoms with Crippen LogP contribution in [0.2, 0.25) is 0 Å². The van der Waals surface area contributed by atoms with E-state index in [1.165, 1.54) is 18.3 Å². The molecule has 1 amide bonds. The van der Waals surface area contributed by atoms with Gasteiger partial charge >= 0.3 is 0 Å². The number of nitrogens with one attached hydrogen (secondary N) is 1. The van der Waals surface area contributed by atoms with E-state index in [1.807, 2.05) is 6.92 Å². The topological polar surface area (TPSA) is 105 Å². The van der Waals surface area contributed by atoms with E-state index in [-0.39, 0.29) is 24.1 Å². The van der Waals surface area contributed by atoms with E-state index in [1.54, 1.807) is 12.1 Å². The summed E-state index contributed by atoms with van der Waals surface area (Å²) in [6.45, 7) is 2.52. The van der Waals surface area contributed by atoms with Crippen molar-refractivity contribution in [3.05, 3.63) is 46.1 Å². The molecule has 0 aliphatic heterocycles. The number of aromatic nitrogens is 1. The van der Waals surface area contributed by atoms with Crippen LogP contribution in [0.4, 0.5) is 5.69 Å². The first-order valence-corrected chi connectivity index (χ1v) is 7.49. The predicted molar refractivity (Wildman–Crippen MR) is 86.2 cm³/mol. The van der Waals surface area contributed by atoms with Crippen LogP contribution in [-0.2, 0) is 0 Å². The Bertz CT molecular complexity index is 718. The van der Waals surface area contributed by atoms with Crippen molar-refractivity contribution >= 4 is 22.5 Å². The smallest absolute Gasteiger partial charge is 0.278 e. The molecule has 122 valence electrons. The largest absolute Gasteiger partial charge is 0.396 e. The van der Waals surface area contributed by atoms with Crippen molar-refractivity contribution in [1.82, 2.24) is 10.3 Å². The number of nitro groups is 1. The second kappa shape index (κ2) is 7.64. The minimum absolute atomic E-state index is 0.0728. The van der Waals surface area contributed by atoms with Gasteiger partial charge < -0.3 is 10.4 Å². The van der Waals surface area contributed by atoms with E-state index in [2.05, 4.69) is 10.3 Å². The number of benzene rings is 1. The van der Waals surface area contributed by atoms with E-state index in [4.69, 9.17) is 5.11 Å². The molecule has 0 spiro atoms. The van der Waals surface area contributed by atoms with Gasteiger partial charge in [-0.1, -0.05) is 13.3 Å². The van der Waals surface area contributed by atoms with Crippen LogP contribution < -0.4 is 5.32 Å². The molecule has 0 bridgehead atoms. The first-order valence-electron chi connectivity index (χ1n) is 7.49. The number of nitro benzene ring substituents is 1. The molecule has 1 unspecified atom stereocenters. The molecule has 7 nitrogen and oxygen atoms in total. The normalized spacial score (nSPS) is 12.1. The third kappa shape index (κ3) is 3.81. The fourth-order valence-electron chi connectivity index (χ4n) is 2.47. The fraction of sp³-hybridized carbons (Fsp3) is 0.375. The van der Waals surface area contributed by atoms with Crippen molar-refractivity contribution in [2.45, 2.75) is 19.8 Å². The first-order chi connectivity index (χ1) is 11.1. The number of nitrogens with zero attached hydrogens (tertiary/aromatic N) is 2. The van der Waals surface area contributed by atoms with Crippen molar-refractivity contribution in [2.75, 3.05) is 13.2 Å². The van der Waals surface area contributed by atoms with E-state index in [0.29, 0.717) is 29.4 Å². The summed E-state index contributed by atoms with van der Waals surface area (Å²) in [5.74, 6) is -0.124. The van der Waals surface area contributed by atoms with Crippen LogP contribution >= 0.6 is 0 Å². The lowest BCUT2D eigenvalue weighted by atomic mass is 10.0. The number of non-ortho nitro benzene ring substituents is 1. The minimum atomic E-state index is -0.486. The third-order valence-electron chi connectivity index (χ3n) is 3.85. The number of hydrogen-bond acceptors (Lipinski definition) is 5. The molecule has 0 radical (unpaired) electrons. The zero-order chi connectivity index (χ0) is 16.8. The molecule has 23 heavy (non-hydrogen) atoms. The number of carbonyl (C=O) groups excluding carboxylic acids is 1. The van der Waals surface area contributed by atoms with Gasteiger partial charge in [0, 0.05) is 25.4 Å². The Balaban J connectivity index is 2.28. The minimum Gasteiger partial charge on any atom is -0.396 e. The average Bonchev–Trinajstić information content (AvgIpc) is 2.57. The van der Waals surface area contributed by atoms with Crippen LogP contribution in [0.15, 0.2) is 30.5 Å². The molecule has 0 aliphatic carbocycles. The van der Waals surface area contributed by atoms with Crippen molar-refractivity contribution in [3.63, 3.8) is 0 Å². The second-order valence-electron chi connectivity index (χ2n) is 5.29. The predicted octanol–water partition coefficient (Wildman–Crippen LogP) is 2.28. The SMILES string of the molecule is CCC(CCO)CNC(=O)c1ccc([N+](=O)[O-])c2cccnc12. The van der Waals surface area contributed by atoms with Crippen LogP contribution in [-0.4, -0.2) is 34.1 Å². The van der Waals surface area contributed by atoms with Crippen LogP contribution in [0, 0.1) is 16.0 Å². The van der Waals surface area contributed by atoms with Gasteiger partial charge in [0.05, 0.1) is 21.4 Å². The Labute approximate surface area is 133 Å². The molecular weight excluding hydrogens is 298 g/mol. The lowest BCUT2D eigenvalue weighted by Gasteiger charge is -2.14. The summed E-state index contributed by atoms with van der Waals surface area (Å²) in [5, 5.41) is 23.2. The summed E-state index contributed by atoms with van der Waals surface area (Å²) in [7, 11) is 0. The van der Waals surface area contributed by atoms with Gasteiger partial charge in [0.15, 0.2) is 0 Å². The number of aliphatic hydroxyl groups is 1. The number of fused-ring (bicyclic) bond motifs is 1. The standard InChI is InChI=1S/C16H19N3O4/c1-2-11(7-9-20)10-18-16(21)13-5-6-14(19(22)23)12-4-3-8-17-15(12)13/h3-6,8,11,20H,2,7,9-10H2,1H3,(H,18,21). The monoisotopic (exact) mass is 317 g/mol. The zero-order valence-electron chi connectivity index (χ0n) is 12.9. The van der Waals surface area contributed by atoms with Crippen LogP contribution in [0.3, 0.4) is 0 Å².